The van der Waals surface area contributed by atoms with Crippen molar-refractivity contribution < 1.29 is 0 Å². The highest BCUT2D eigenvalue weighted by atomic mass is 35.5. The van der Waals surface area contributed by atoms with Crippen molar-refractivity contribution in [2.45, 2.75) is 25.8 Å². The minimum Gasteiger partial charge on any atom is -0.329 e. The van der Waals surface area contributed by atoms with Gasteiger partial charge in [-0.1, -0.05) is 25.1 Å². The number of rotatable bonds is 3. The van der Waals surface area contributed by atoms with Gasteiger partial charge >= 0.3 is 0 Å². The molecule has 2 unspecified atom stereocenters. The van der Waals surface area contributed by atoms with Crippen LogP contribution in [0, 0.1) is 5.92 Å². The van der Waals surface area contributed by atoms with Crippen molar-refractivity contribution in [2.75, 3.05) is 19.6 Å². The fourth-order valence-corrected chi connectivity index (χ4v) is 2.13. The van der Waals surface area contributed by atoms with E-state index in [1.54, 1.807) is 0 Å². The van der Waals surface area contributed by atoms with Gasteiger partial charge in [0.1, 0.15) is 0 Å². The van der Waals surface area contributed by atoms with Gasteiger partial charge in [-0.05, 0) is 25.3 Å². The first-order valence-corrected chi connectivity index (χ1v) is 5.28. The Morgan fingerprint density at radius 1 is 1.69 bits per heavy atom. The Morgan fingerprint density at radius 3 is 2.92 bits per heavy atom. The van der Waals surface area contributed by atoms with E-state index < -0.39 is 0 Å². The van der Waals surface area contributed by atoms with E-state index >= 15 is 0 Å². The lowest BCUT2D eigenvalue weighted by molar-refractivity contribution is 0.136. The van der Waals surface area contributed by atoms with Crippen LogP contribution >= 0.6 is 11.6 Å². The number of halogens is 1. The Hall–Kier alpha value is -0.0500. The Balaban J connectivity index is 2.47. The maximum Gasteiger partial charge on any atom is 0.0339 e. The fourth-order valence-electron chi connectivity index (χ4n) is 1.97. The predicted molar refractivity (Wildman–Crippen MR) is 57.8 cm³/mol. The molecule has 0 radical (unpaired) electrons. The first-order chi connectivity index (χ1) is 6.13. The van der Waals surface area contributed by atoms with Crippen molar-refractivity contribution in [2.24, 2.45) is 11.7 Å². The summed E-state index contributed by atoms with van der Waals surface area (Å²) in [5.74, 6) is 0.799. The Kier molecular flexibility index (Phi) is 4.23. The third-order valence-corrected chi connectivity index (χ3v) is 2.87. The van der Waals surface area contributed by atoms with E-state index in [2.05, 4.69) is 18.4 Å². The van der Waals surface area contributed by atoms with Crippen LogP contribution in [0.15, 0.2) is 11.6 Å². The summed E-state index contributed by atoms with van der Waals surface area (Å²) in [6.07, 6.45) is 2.45. The van der Waals surface area contributed by atoms with Gasteiger partial charge in [0.25, 0.3) is 0 Å². The smallest absolute Gasteiger partial charge is 0.0339 e. The van der Waals surface area contributed by atoms with Crippen LogP contribution in [0.3, 0.4) is 0 Å². The molecule has 0 aliphatic carbocycles. The van der Waals surface area contributed by atoms with E-state index in [1.165, 1.54) is 12.8 Å². The quantitative estimate of drug-likeness (QED) is 0.757. The average molecular weight is 203 g/mol. The summed E-state index contributed by atoms with van der Waals surface area (Å²) in [7, 11) is 0. The summed E-state index contributed by atoms with van der Waals surface area (Å²) in [5.41, 5.74) is 5.72. The van der Waals surface area contributed by atoms with Crippen LogP contribution in [0.5, 0.6) is 0 Å². The first-order valence-electron chi connectivity index (χ1n) is 4.91. The average Bonchev–Trinajstić information content (AvgIpc) is 2.07. The van der Waals surface area contributed by atoms with Crippen LogP contribution in [0.4, 0.5) is 0 Å². The molecular weight excluding hydrogens is 184 g/mol. The molecule has 3 heteroatoms. The molecule has 1 heterocycles. The van der Waals surface area contributed by atoms with Gasteiger partial charge in [0, 0.05) is 24.2 Å². The molecular formula is C10H19ClN2. The molecule has 2 N–H and O–H groups in total. The second kappa shape index (κ2) is 4.99. The molecule has 1 rings (SSSR count). The molecule has 1 aliphatic heterocycles. The van der Waals surface area contributed by atoms with Gasteiger partial charge in [0.15, 0.2) is 0 Å². The standard InChI is InChI=1S/C10H19ClN2/c1-8-3-4-13(7-9(2)11)10(5-8)6-12/h8,10H,2-7,12H2,1H3. The Labute approximate surface area is 85.7 Å². The molecule has 0 bridgehead atoms. The van der Waals surface area contributed by atoms with Crippen LogP contribution in [0.2, 0.25) is 0 Å². The number of hydrogen-bond acceptors (Lipinski definition) is 2. The van der Waals surface area contributed by atoms with Crippen LogP contribution in [0.1, 0.15) is 19.8 Å². The van der Waals surface area contributed by atoms with Crippen LogP contribution in [-0.2, 0) is 0 Å². The van der Waals surface area contributed by atoms with E-state index in [9.17, 15) is 0 Å². The second-order valence-electron chi connectivity index (χ2n) is 4.01. The highest BCUT2D eigenvalue weighted by Gasteiger charge is 2.24. The second-order valence-corrected chi connectivity index (χ2v) is 4.54. The molecule has 0 saturated carbocycles. The van der Waals surface area contributed by atoms with Gasteiger partial charge in [-0.15, -0.1) is 0 Å². The molecule has 76 valence electrons. The van der Waals surface area contributed by atoms with E-state index in [-0.39, 0.29) is 0 Å². The first kappa shape index (κ1) is 11.0. The van der Waals surface area contributed by atoms with Crippen molar-refractivity contribution in [1.82, 2.24) is 4.90 Å². The van der Waals surface area contributed by atoms with Gasteiger partial charge in [0.05, 0.1) is 0 Å². The zero-order chi connectivity index (χ0) is 9.84. The van der Waals surface area contributed by atoms with Gasteiger partial charge in [0.2, 0.25) is 0 Å². The molecule has 13 heavy (non-hydrogen) atoms. The largest absolute Gasteiger partial charge is 0.329 e. The molecule has 0 spiro atoms. The minimum atomic E-state index is 0.499. The lowest BCUT2D eigenvalue weighted by Gasteiger charge is -2.37. The predicted octanol–water partition coefficient (Wildman–Crippen LogP) is 1.80. The number of nitrogens with two attached hydrogens (primary N) is 1. The third kappa shape index (κ3) is 3.29. The zero-order valence-corrected chi connectivity index (χ0v) is 9.06. The topological polar surface area (TPSA) is 29.3 Å². The van der Waals surface area contributed by atoms with Crippen molar-refractivity contribution >= 4 is 11.6 Å². The molecule has 0 aromatic rings. The fraction of sp³-hybridized carbons (Fsp3) is 0.800. The molecule has 0 amide bonds. The highest BCUT2D eigenvalue weighted by molar-refractivity contribution is 6.29. The maximum absolute atomic E-state index is 5.79. The van der Waals surface area contributed by atoms with Gasteiger partial charge in [-0.25, -0.2) is 0 Å². The maximum atomic E-state index is 5.79. The van der Waals surface area contributed by atoms with Gasteiger partial charge < -0.3 is 5.73 Å². The number of piperidine rings is 1. The van der Waals surface area contributed by atoms with Crippen molar-refractivity contribution in [3.8, 4) is 0 Å². The van der Waals surface area contributed by atoms with Crippen molar-refractivity contribution in [1.29, 1.82) is 0 Å². The third-order valence-electron chi connectivity index (χ3n) is 2.75. The number of likely N-dealkylation sites (tertiary alicyclic amines) is 1. The Morgan fingerprint density at radius 2 is 2.38 bits per heavy atom. The van der Waals surface area contributed by atoms with Gasteiger partial charge in [-0.2, -0.15) is 0 Å². The number of hydrogen-bond donors (Lipinski definition) is 1. The molecule has 2 atom stereocenters. The minimum absolute atomic E-state index is 0.499. The summed E-state index contributed by atoms with van der Waals surface area (Å²) in [6, 6.07) is 0.499. The van der Waals surface area contributed by atoms with Crippen LogP contribution in [-0.4, -0.2) is 30.6 Å². The molecule has 0 aromatic heterocycles. The lowest BCUT2D eigenvalue weighted by Crippen LogP contribution is -2.46. The molecule has 1 fully saturated rings. The summed E-state index contributed by atoms with van der Waals surface area (Å²) >= 11 is 5.79. The number of nitrogens with zero attached hydrogens (tertiary/aromatic N) is 1. The van der Waals surface area contributed by atoms with Crippen LogP contribution < -0.4 is 5.73 Å². The summed E-state index contributed by atoms with van der Waals surface area (Å²) < 4.78 is 0. The van der Waals surface area contributed by atoms with E-state index in [1.807, 2.05) is 0 Å². The van der Waals surface area contributed by atoms with Crippen LogP contribution in [0.25, 0.3) is 0 Å². The SMILES string of the molecule is C=C(Cl)CN1CCC(C)CC1CN. The van der Waals surface area contributed by atoms with Gasteiger partial charge in [-0.3, -0.25) is 4.90 Å². The Bertz CT molecular complexity index is 182. The van der Waals surface area contributed by atoms with E-state index in [0.29, 0.717) is 11.1 Å². The highest BCUT2D eigenvalue weighted by Crippen LogP contribution is 2.22. The van der Waals surface area contributed by atoms with Crippen molar-refractivity contribution in [3.63, 3.8) is 0 Å². The summed E-state index contributed by atoms with van der Waals surface area (Å²) in [5, 5.41) is 0.716. The molecule has 0 aromatic carbocycles. The van der Waals surface area contributed by atoms with E-state index in [4.69, 9.17) is 17.3 Å². The zero-order valence-electron chi connectivity index (χ0n) is 8.30. The molecule has 1 aliphatic rings. The lowest BCUT2D eigenvalue weighted by atomic mass is 9.92. The molecule has 1 saturated heterocycles. The van der Waals surface area contributed by atoms with E-state index in [0.717, 1.165) is 25.6 Å². The molecule has 2 nitrogen and oxygen atoms in total. The summed E-state index contributed by atoms with van der Waals surface area (Å²) in [6.45, 7) is 8.63. The monoisotopic (exact) mass is 202 g/mol. The normalized spacial score (nSPS) is 30.4. The summed E-state index contributed by atoms with van der Waals surface area (Å²) in [4.78, 5) is 2.34. The van der Waals surface area contributed by atoms with Crippen molar-refractivity contribution in [3.05, 3.63) is 11.6 Å².